The lowest BCUT2D eigenvalue weighted by atomic mass is 10.0. The maximum absolute atomic E-state index is 14.2. The Bertz CT molecular complexity index is 1210. The van der Waals surface area contributed by atoms with Crippen LogP contribution in [-0.2, 0) is 20.7 Å². The van der Waals surface area contributed by atoms with Gasteiger partial charge in [0.25, 0.3) is 0 Å². The number of para-hydroxylation sites is 1. The number of amides is 1. The molecule has 3 aromatic rings. The van der Waals surface area contributed by atoms with E-state index in [4.69, 9.17) is 5.11 Å². The minimum atomic E-state index is -1.26. The number of hydrogen-bond donors (Lipinski definition) is 1. The number of aromatic carboxylic acids is 1. The molecule has 9 heteroatoms. The van der Waals surface area contributed by atoms with Crippen LogP contribution >= 0.6 is 0 Å². The predicted molar refractivity (Wildman–Crippen MR) is 116 cm³/mol. The maximum Gasteiger partial charge on any atom is 0.397 e. The molecule has 33 heavy (non-hydrogen) atoms. The van der Waals surface area contributed by atoms with E-state index in [1.807, 2.05) is 0 Å². The van der Waals surface area contributed by atoms with Crippen LogP contribution in [0.4, 0.5) is 15.9 Å². The third-order valence-corrected chi connectivity index (χ3v) is 4.80. The summed E-state index contributed by atoms with van der Waals surface area (Å²) in [6.07, 6.45) is 1.23. The van der Waals surface area contributed by atoms with Crippen LogP contribution < -0.4 is 4.90 Å². The van der Waals surface area contributed by atoms with E-state index in [9.17, 15) is 23.6 Å². The second kappa shape index (κ2) is 10.3. The van der Waals surface area contributed by atoms with Gasteiger partial charge in [-0.25, -0.2) is 19.0 Å². The number of aromatic nitrogens is 1. The van der Waals surface area contributed by atoms with E-state index in [-0.39, 0.29) is 35.3 Å². The summed E-state index contributed by atoms with van der Waals surface area (Å²) in [6, 6.07) is 14.6. The summed E-state index contributed by atoms with van der Waals surface area (Å²) in [5.41, 5.74) is 0.332. The van der Waals surface area contributed by atoms with Crippen molar-refractivity contribution >= 4 is 35.1 Å². The summed E-state index contributed by atoms with van der Waals surface area (Å²) in [4.78, 5) is 53.9. The molecular formula is C24H19FN2O6. The topological polar surface area (TPSA) is 114 Å². The number of halogens is 1. The number of benzene rings is 2. The summed E-state index contributed by atoms with van der Waals surface area (Å²) < 4.78 is 18.8. The monoisotopic (exact) mass is 450 g/mol. The van der Waals surface area contributed by atoms with E-state index >= 15 is 0 Å². The molecule has 0 aliphatic heterocycles. The van der Waals surface area contributed by atoms with E-state index in [1.54, 1.807) is 30.3 Å². The fourth-order valence-corrected chi connectivity index (χ4v) is 3.15. The van der Waals surface area contributed by atoms with Crippen LogP contribution in [0.15, 0.2) is 66.9 Å². The minimum absolute atomic E-state index is 0.00478. The number of anilines is 2. The van der Waals surface area contributed by atoms with E-state index in [2.05, 4.69) is 9.72 Å². The summed E-state index contributed by atoms with van der Waals surface area (Å²) in [5.74, 6) is -4.67. The predicted octanol–water partition coefficient (Wildman–Crippen LogP) is 3.57. The number of carboxylic acid groups (broad SMARTS) is 1. The normalized spacial score (nSPS) is 10.4. The minimum Gasteiger partial charge on any atom is -0.478 e. The Balaban J connectivity index is 1.92. The molecule has 0 aliphatic rings. The van der Waals surface area contributed by atoms with E-state index in [0.29, 0.717) is 5.69 Å². The second-order valence-electron chi connectivity index (χ2n) is 6.88. The van der Waals surface area contributed by atoms with Gasteiger partial charge in [-0.05, 0) is 48.4 Å². The number of carbonyl (C=O) groups excluding carboxylic acids is 3. The first-order valence-corrected chi connectivity index (χ1v) is 9.81. The van der Waals surface area contributed by atoms with Gasteiger partial charge < -0.3 is 9.84 Å². The van der Waals surface area contributed by atoms with Crippen LogP contribution in [0, 0.1) is 5.82 Å². The van der Waals surface area contributed by atoms with Gasteiger partial charge in [-0.1, -0.05) is 24.3 Å². The van der Waals surface area contributed by atoms with Crippen molar-refractivity contribution in [3.63, 3.8) is 0 Å². The molecule has 1 heterocycles. The van der Waals surface area contributed by atoms with Crippen LogP contribution in [0.25, 0.3) is 0 Å². The molecule has 0 unspecified atom stereocenters. The largest absolute Gasteiger partial charge is 0.478 e. The highest BCUT2D eigenvalue weighted by atomic mass is 19.1. The molecule has 1 N–H and O–H groups in total. The fraction of sp³-hybridized carbons (Fsp3) is 0.125. The molecule has 0 atom stereocenters. The molecule has 0 spiro atoms. The number of nitrogens with zero attached hydrogens (tertiary/aromatic N) is 2. The molecule has 1 amide bonds. The molecule has 3 rings (SSSR count). The Morgan fingerprint density at radius 3 is 2.39 bits per heavy atom. The lowest BCUT2D eigenvalue weighted by molar-refractivity contribution is -0.151. The van der Waals surface area contributed by atoms with Crippen molar-refractivity contribution in [1.29, 1.82) is 0 Å². The lowest BCUT2D eigenvalue weighted by Crippen LogP contribution is -2.35. The molecule has 8 nitrogen and oxygen atoms in total. The number of methoxy groups -OCH3 is 1. The molecule has 0 radical (unpaired) electrons. The Kier molecular flexibility index (Phi) is 7.24. The van der Waals surface area contributed by atoms with Gasteiger partial charge >= 0.3 is 17.8 Å². The Hall–Kier alpha value is -4.40. The van der Waals surface area contributed by atoms with Crippen LogP contribution in [0.5, 0.6) is 0 Å². The van der Waals surface area contributed by atoms with E-state index < -0.39 is 29.4 Å². The molecule has 0 saturated heterocycles. The highest BCUT2D eigenvalue weighted by molar-refractivity contribution is 6.40. The van der Waals surface area contributed by atoms with Crippen molar-refractivity contribution < 1.29 is 33.4 Å². The number of Topliss-reactive ketones (excluding diaryl/α,β-unsaturated/α-hetero) is 1. The summed E-state index contributed by atoms with van der Waals surface area (Å²) in [7, 11) is 1.07. The van der Waals surface area contributed by atoms with Gasteiger partial charge in [-0.15, -0.1) is 0 Å². The number of carboxylic acids is 1. The van der Waals surface area contributed by atoms with Crippen molar-refractivity contribution in [3.05, 3.63) is 89.4 Å². The number of aryl methyl sites for hydroxylation is 1. The highest BCUT2D eigenvalue weighted by Gasteiger charge is 2.30. The second-order valence-corrected chi connectivity index (χ2v) is 6.88. The van der Waals surface area contributed by atoms with Gasteiger partial charge in [0.1, 0.15) is 5.82 Å². The Morgan fingerprint density at radius 2 is 1.76 bits per heavy atom. The van der Waals surface area contributed by atoms with Crippen LogP contribution in [0.2, 0.25) is 0 Å². The molecule has 0 saturated carbocycles. The maximum atomic E-state index is 14.2. The smallest absolute Gasteiger partial charge is 0.397 e. The van der Waals surface area contributed by atoms with Crippen molar-refractivity contribution in [2.45, 2.75) is 12.8 Å². The third kappa shape index (κ3) is 5.27. The summed E-state index contributed by atoms with van der Waals surface area (Å²) in [6.45, 7) is 0. The number of esters is 1. The first-order chi connectivity index (χ1) is 15.8. The zero-order valence-electron chi connectivity index (χ0n) is 17.5. The Morgan fingerprint density at radius 1 is 1.03 bits per heavy atom. The first-order valence-electron chi connectivity index (χ1n) is 9.81. The van der Waals surface area contributed by atoms with Crippen molar-refractivity contribution in [2.75, 3.05) is 12.0 Å². The van der Waals surface area contributed by atoms with Gasteiger partial charge in [0, 0.05) is 12.6 Å². The first kappa shape index (κ1) is 23.3. The molecule has 168 valence electrons. The average Bonchev–Trinajstić information content (AvgIpc) is 2.83. The number of rotatable bonds is 7. The molecular weight excluding hydrogens is 431 g/mol. The molecule has 2 aromatic carbocycles. The number of carbonyl (C=O) groups is 4. The van der Waals surface area contributed by atoms with Crippen molar-refractivity contribution in [3.8, 4) is 0 Å². The number of pyridine rings is 1. The summed E-state index contributed by atoms with van der Waals surface area (Å²) >= 11 is 0. The fourth-order valence-electron chi connectivity index (χ4n) is 3.15. The highest BCUT2D eigenvalue weighted by Crippen LogP contribution is 2.28. The number of hydrogen-bond acceptors (Lipinski definition) is 6. The molecule has 0 fully saturated rings. The standard InChI is InChI=1S/C24H19FN2O6/c1-33-24(32)22(29)27(17-6-3-2-4-7-17)21-18(8-5-13-26-21)20(28)12-11-15-9-10-16(23(30)31)14-19(15)25/h2-10,13-14H,11-12H2,1H3,(H,30,31). The van der Waals surface area contributed by atoms with Gasteiger partial charge in [0.2, 0.25) is 0 Å². The lowest BCUT2D eigenvalue weighted by Gasteiger charge is -2.22. The van der Waals surface area contributed by atoms with E-state index in [0.717, 1.165) is 18.1 Å². The van der Waals surface area contributed by atoms with Gasteiger partial charge in [0.15, 0.2) is 11.6 Å². The molecule has 1 aromatic heterocycles. The van der Waals surface area contributed by atoms with Gasteiger partial charge in [0.05, 0.1) is 23.9 Å². The average molecular weight is 450 g/mol. The summed E-state index contributed by atoms with van der Waals surface area (Å²) in [5, 5.41) is 8.95. The molecule has 0 aliphatic carbocycles. The molecule has 0 bridgehead atoms. The van der Waals surface area contributed by atoms with Crippen LogP contribution in [-0.4, -0.2) is 40.8 Å². The quantitative estimate of drug-likeness (QED) is 0.332. The van der Waals surface area contributed by atoms with E-state index in [1.165, 1.54) is 30.5 Å². The zero-order valence-corrected chi connectivity index (χ0v) is 17.5. The zero-order chi connectivity index (χ0) is 24.0. The SMILES string of the molecule is COC(=O)C(=O)N(c1ccccc1)c1ncccc1C(=O)CCc1ccc(C(=O)O)cc1F. The number of ketones is 1. The van der Waals surface area contributed by atoms with Gasteiger partial charge in [-0.3, -0.25) is 14.5 Å². The van der Waals surface area contributed by atoms with Crippen molar-refractivity contribution in [1.82, 2.24) is 4.98 Å². The Labute approximate surface area is 188 Å². The van der Waals surface area contributed by atoms with Crippen LogP contribution in [0.3, 0.4) is 0 Å². The van der Waals surface area contributed by atoms with Gasteiger partial charge in [-0.2, -0.15) is 0 Å². The van der Waals surface area contributed by atoms with Crippen LogP contribution in [0.1, 0.15) is 32.7 Å². The number of ether oxygens (including phenoxy) is 1. The van der Waals surface area contributed by atoms with Crippen molar-refractivity contribution in [2.24, 2.45) is 0 Å². The third-order valence-electron chi connectivity index (χ3n) is 4.80.